The van der Waals surface area contributed by atoms with E-state index in [2.05, 4.69) is 19.2 Å². The van der Waals surface area contributed by atoms with E-state index in [4.69, 9.17) is 15.2 Å². The molecule has 4 N–H and O–H groups in total. The molecule has 3 atom stereocenters. The molecule has 0 unspecified atom stereocenters. The molecule has 0 spiro atoms. The van der Waals surface area contributed by atoms with Gasteiger partial charge in [0.25, 0.3) is 0 Å². The summed E-state index contributed by atoms with van der Waals surface area (Å²) in [6.07, 6.45) is 3.45. The Morgan fingerprint density at radius 1 is 1.29 bits per heavy atom. The van der Waals surface area contributed by atoms with E-state index in [-0.39, 0.29) is 36.0 Å². The van der Waals surface area contributed by atoms with Crippen LogP contribution in [0, 0.1) is 23.0 Å². The van der Waals surface area contributed by atoms with Gasteiger partial charge < -0.3 is 30.5 Å². The normalized spacial score (nSPS) is 19.3. The Morgan fingerprint density at radius 3 is 2.71 bits per heavy atom. The zero-order chi connectivity index (χ0) is 26.1. The SMILES string of the molecule is COCCCC[C@@](O)(c1cccc(F)c1F)[C@@H]1CCCN(C(=O)NC[C@H](N)CC(C)(C)COC)C1. The topological polar surface area (TPSA) is 97.1 Å². The van der Waals surface area contributed by atoms with Crippen molar-refractivity contribution in [3.63, 3.8) is 0 Å². The van der Waals surface area contributed by atoms with Gasteiger partial charge in [0.2, 0.25) is 0 Å². The molecule has 2 amide bonds. The number of unbranched alkanes of at least 4 members (excludes halogenated alkanes) is 1. The van der Waals surface area contributed by atoms with Gasteiger partial charge >= 0.3 is 6.03 Å². The molecule has 1 aliphatic rings. The van der Waals surface area contributed by atoms with Crippen molar-refractivity contribution in [3.05, 3.63) is 35.4 Å². The number of nitrogens with zero attached hydrogens (tertiary/aromatic N) is 1. The highest BCUT2D eigenvalue weighted by Gasteiger charge is 2.43. The predicted octanol–water partition coefficient (Wildman–Crippen LogP) is 3.78. The molecule has 7 nitrogen and oxygen atoms in total. The lowest BCUT2D eigenvalue weighted by atomic mass is 9.74. The van der Waals surface area contributed by atoms with Crippen LogP contribution in [0.4, 0.5) is 13.6 Å². The second kappa shape index (κ2) is 13.5. The number of nitrogens with two attached hydrogens (primary N) is 1. The molecule has 1 aromatic rings. The number of methoxy groups -OCH3 is 2. The number of hydrogen-bond donors (Lipinski definition) is 3. The van der Waals surface area contributed by atoms with Crippen LogP contribution in [0.3, 0.4) is 0 Å². The summed E-state index contributed by atoms with van der Waals surface area (Å²) in [7, 11) is 3.25. The number of carbonyl (C=O) groups is 1. The zero-order valence-electron chi connectivity index (χ0n) is 21.6. The quantitative estimate of drug-likeness (QED) is 0.359. The molecule has 0 saturated carbocycles. The van der Waals surface area contributed by atoms with Crippen LogP contribution in [-0.2, 0) is 15.1 Å². The first-order chi connectivity index (χ1) is 16.5. The van der Waals surface area contributed by atoms with Crippen LogP contribution < -0.4 is 11.1 Å². The number of hydrogen-bond acceptors (Lipinski definition) is 5. The molecule has 0 aromatic heterocycles. The Labute approximate surface area is 208 Å². The van der Waals surface area contributed by atoms with Crippen LogP contribution in [0.5, 0.6) is 0 Å². The fourth-order valence-corrected chi connectivity index (χ4v) is 5.15. The molecule has 1 fully saturated rings. The van der Waals surface area contributed by atoms with Gasteiger partial charge in [0, 0.05) is 58.0 Å². The number of piperidine rings is 1. The molecule has 1 heterocycles. The van der Waals surface area contributed by atoms with Gasteiger partial charge in [-0.1, -0.05) is 26.0 Å². The van der Waals surface area contributed by atoms with Crippen LogP contribution in [0.2, 0.25) is 0 Å². The number of nitrogens with one attached hydrogen (secondary N) is 1. The van der Waals surface area contributed by atoms with Crippen molar-refractivity contribution in [1.82, 2.24) is 10.2 Å². The van der Waals surface area contributed by atoms with Crippen LogP contribution in [-0.4, -0.2) is 69.1 Å². The van der Waals surface area contributed by atoms with Crippen LogP contribution in [0.25, 0.3) is 0 Å². The van der Waals surface area contributed by atoms with Crippen molar-refractivity contribution in [3.8, 4) is 0 Å². The molecule has 1 aliphatic heterocycles. The van der Waals surface area contributed by atoms with Gasteiger partial charge in [-0.3, -0.25) is 0 Å². The first-order valence-electron chi connectivity index (χ1n) is 12.5. The van der Waals surface area contributed by atoms with Crippen molar-refractivity contribution in [2.45, 2.75) is 64.0 Å². The maximum Gasteiger partial charge on any atom is 0.317 e. The monoisotopic (exact) mass is 499 g/mol. The van der Waals surface area contributed by atoms with Crippen molar-refractivity contribution >= 4 is 6.03 Å². The Bertz CT molecular complexity index is 811. The molecule has 2 rings (SSSR count). The van der Waals surface area contributed by atoms with E-state index in [0.717, 1.165) is 6.07 Å². The van der Waals surface area contributed by atoms with E-state index in [1.54, 1.807) is 19.1 Å². The number of carbonyl (C=O) groups excluding carboxylic acids is 1. The number of amides is 2. The third-order valence-electron chi connectivity index (χ3n) is 6.82. The van der Waals surface area contributed by atoms with Gasteiger partial charge in [-0.2, -0.15) is 0 Å². The largest absolute Gasteiger partial charge is 0.385 e. The van der Waals surface area contributed by atoms with E-state index in [1.807, 2.05) is 0 Å². The number of urea groups is 1. The third kappa shape index (κ3) is 8.37. The van der Waals surface area contributed by atoms with Gasteiger partial charge in [0.15, 0.2) is 11.6 Å². The summed E-state index contributed by atoms with van der Waals surface area (Å²) in [5, 5.41) is 14.7. The smallest absolute Gasteiger partial charge is 0.317 e. The summed E-state index contributed by atoms with van der Waals surface area (Å²) in [6, 6.07) is 3.39. The lowest BCUT2D eigenvalue weighted by Gasteiger charge is -2.43. The highest BCUT2D eigenvalue weighted by atomic mass is 19.2. The van der Waals surface area contributed by atoms with E-state index in [0.29, 0.717) is 58.4 Å². The number of ether oxygens (including phenoxy) is 2. The Hall–Kier alpha value is -1.81. The maximum absolute atomic E-state index is 14.8. The summed E-state index contributed by atoms with van der Waals surface area (Å²) in [4.78, 5) is 14.6. The summed E-state index contributed by atoms with van der Waals surface area (Å²) < 4.78 is 39.2. The molecular weight excluding hydrogens is 456 g/mol. The van der Waals surface area contributed by atoms with Gasteiger partial charge in [0.1, 0.15) is 0 Å². The molecule has 9 heteroatoms. The second-order valence-corrected chi connectivity index (χ2v) is 10.5. The van der Waals surface area contributed by atoms with Gasteiger partial charge in [0.05, 0.1) is 12.2 Å². The molecule has 1 aromatic carbocycles. The van der Waals surface area contributed by atoms with E-state index in [9.17, 15) is 18.7 Å². The minimum Gasteiger partial charge on any atom is -0.385 e. The lowest BCUT2D eigenvalue weighted by Crippen LogP contribution is -2.52. The second-order valence-electron chi connectivity index (χ2n) is 10.5. The number of benzene rings is 1. The first-order valence-corrected chi connectivity index (χ1v) is 12.5. The molecular formula is C26H43F2N3O4. The van der Waals surface area contributed by atoms with Gasteiger partial charge in [-0.05, 0) is 50.0 Å². The van der Waals surface area contributed by atoms with Gasteiger partial charge in [-0.25, -0.2) is 13.6 Å². The average molecular weight is 500 g/mol. The first kappa shape index (κ1) is 29.4. The van der Waals surface area contributed by atoms with E-state index in [1.165, 1.54) is 12.1 Å². The molecule has 35 heavy (non-hydrogen) atoms. The van der Waals surface area contributed by atoms with Crippen molar-refractivity contribution in [2.75, 3.05) is 47.1 Å². The predicted molar refractivity (Wildman–Crippen MR) is 132 cm³/mol. The van der Waals surface area contributed by atoms with E-state index < -0.39 is 23.2 Å². The van der Waals surface area contributed by atoms with Crippen LogP contribution in [0.1, 0.15) is 57.9 Å². The van der Waals surface area contributed by atoms with Crippen molar-refractivity contribution in [1.29, 1.82) is 0 Å². The Kier molecular flexibility index (Phi) is 11.3. The third-order valence-corrected chi connectivity index (χ3v) is 6.82. The van der Waals surface area contributed by atoms with Crippen LogP contribution in [0.15, 0.2) is 18.2 Å². The fourth-order valence-electron chi connectivity index (χ4n) is 5.15. The Morgan fingerprint density at radius 2 is 2.03 bits per heavy atom. The average Bonchev–Trinajstić information content (AvgIpc) is 2.81. The van der Waals surface area contributed by atoms with Gasteiger partial charge in [-0.15, -0.1) is 0 Å². The highest BCUT2D eigenvalue weighted by molar-refractivity contribution is 5.74. The molecule has 1 saturated heterocycles. The maximum atomic E-state index is 14.8. The highest BCUT2D eigenvalue weighted by Crippen LogP contribution is 2.41. The number of likely N-dealkylation sites (tertiary alicyclic amines) is 1. The number of rotatable bonds is 13. The minimum atomic E-state index is -1.60. The minimum absolute atomic E-state index is 0.0513. The standard InChI is InChI=1S/C26H43F2N3O4/c1-25(2,18-35-4)15-20(29)16-30-24(32)31-13-8-9-19(17-31)26(33,12-5-6-14-34-3)21-10-7-11-22(27)23(21)28/h7,10-11,19-20,33H,5-6,8-9,12-18,29H2,1-4H3,(H,30,32)/t19-,20-,26+/m1/s1. The molecule has 200 valence electrons. The Balaban J connectivity index is 2.09. The van der Waals surface area contributed by atoms with Crippen LogP contribution >= 0.6 is 0 Å². The fraction of sp³-hybridized carbons (Fsp3) is 0.731. The summed E-state index contributed by atoms with van der Waals surface area (Å²) in [5.74, 6) is -2.46. The zero-order valence-corrected chi connectivity index (χ0v) is 21.6. The molecule has 0 aliphatic carbocycles. The van der Waals surface area contributed by atoms with E-state index >= 15 is 0 Å². The molecule has 0 radical (unpaired) electrons. The number of halogens is 2. The summed E-state index contributed by atoms with van der Waals surface area (Å²) in [6.45, 7) is 6.29. The van der Waals surface area contributed by atoms with Crippen molar-refractivity contribution < 1.29 is 28.2 Å². The number of aliphatic hydroxyl groups is 1. The summed E-state index contributed by atoms with van der Waals surface area (Å²) >= 11 is 0. The molecule has 0 bridgehead atoms. The van der Waals surface area contributed by atoms with Crippen molar-refractivity contribution in [2.24, 2.45) is 17.1 Å². The lowest BCUT2D eigenvalue weighted by molar-refractivity contribution is -0.0590. The summed E-state index contributed by atoms with van der Waals surface area (Å²) in [5.41, 5.74) is 4.48.